The van der Waals surface area contributed by atoms with Crippen molar-refractivity contribution >= 4 is 5.97 Å². The van der Waals surface area contributed by atoms with Crippen LogP contribution in [0.25, 0.3) is 0 Å². The monoisotopic (exact) mass is 257 g/mol. The van der Waals surface area contributed by atoms with Crippen molar-refractivity contribution in [3.05, 3.63) is 0 Å². The quantitative estimate of drug-likeness (QED) is 0.508. The van der Waals surface area contributed by atoms with E-state index in [0.717, 1.165) is 51.5 Å². The Balaban J connectivity index is 1.82. The van der Waals surface area contributed by atoms with Gasteiger partial charge >= 0.3 is 5.97 Å². The minimum absolute atomic E-state index is 0.0758. The highest BCUT2D eigenvalue weighted by Crippen LogP contribution is 2.12. The lowest BCUT2D eigenvalue weighted by Crippen LogP contribution is -2.30. The van der Waals surface area contributed by atoms with E-state index in [1.165, 1.54) is 12.8 Å². The maximum atomic E-state index is 11.1. The van der Waals surface area contributed by atoms with Crippen LogP contribution in [0.15, 0.2) is 0 Å². The fraction of sp³-hybridized carbons (Fsp3) is 0.929. The largest absolute Gasteiger partial charge is 0.466 e. The topological polar surface area (TPSA) is 47.6 Å². The maximum Gasteiger partial charge on any atom is 0.305 e. The summed E-state index contributed by atoms with van der Waals surface area (Å²) in [5.41, 5.74) is 0. The number of unbranched alkanes of at least 4 members (excludes halogenated alkanes) is 2. The van der Waals surface area contributed by atoms with Crippen LogP contribution in [0.2, 0.25) is 0 Å². The van der Waals surface area contributed by atoms with Gasteiger partial charge in [0.15, 0.2) is 0 Å². The van der Waals surface area contributed by atoms with Gasteiger partial charge in [-0.3, -0.25) is 4.79 Å². The van der Waals surface area contributed by atoms with Crippen LogP contribution in [0, 0.1) is 5.92 Å². The number of piperidine rings is 1. The molecule has 4 heteroatoms. The minimum atomic E-state index is -0.0758. The first-order valence-corrected chi connectivity index (χ1v) is 7.27. The van der Waals surface area contributed by atoms with E-state index in [1.807, 2.05) is 6.92 Å². The Hall–Kier alpha value is -0.610. The summed E-state index contributed by atoms with van der Waals surface area (Å²) in [7, 11) is 0. The van der Waals surface area contributed by atoms with Crippen molar-refractivity contribution < 1.29 is 14.3 Å². The zero-order valence-corrected chi connectivity index (χ0v) is 11.6. The zero-order valence-electron chi connectivity index (χ0n) is 11.6. The molecule has 18 heavy (non-hydrogen) atoms. The Morgan fingerprint density at radius 2 is 2.00 bits per heavy atom. The molecule has 4 nitrogen and oxygen atoms in total. The molecule has 1 saturated heterocycles. The van der Waals surface area contributed by atoms with Crippen molar-refractivity contribution in [1.29, 1.82) is 0 Å². The molecule has 0 atom stereocenters. The Morgan fingerprint density at radius 3 is 2.72 bits per heavy atom. The molecule has 0 amide bonds. The fourth-order valence-electron chi connectivity index (χ4n) is 2.18. The molecule has 1 rings (SSSR count). The summed E-state index contributed by atoms with van der Waals surface area (Å²) in [6.45, 7) is 6.32. The summed E-state index contributed by atoms with van der Waals surface area (Å²) in [4.78, 5) is 11.1. The molecule has 0 aromatic rings. The first-order valence-electron chi connectivity index (χ1n) is 7.27. The summed E-state index contributed by atoms with van der Waals surface area (Å²) in [5, 5.41) is 3.35. The van der Waals surface area contributed by atoms with Crippen LogP contribution in [-0.2, 0) is 14.3 Å². The van der Waals surface area contributed by atoms with Gasteiger partial charge in [0.2, 0.25) is 0 Å². The highest BCUT2D eigenvalue weighted by molar-refractivity contribution is 5.69. The molecule has 1 N–H and O–H groups in total. The van der Waals surface area contributed by atoms with Gasteiger partial charge in [-0.15, -0.1) is 0 Å². The third-order valence-corrected chi connectivity index (χ3v) is 3.29. The van der Waals surface area contributed by atoms with E-state index in [-0.39, 0.29) is 5.97 Å². The lowest BCUT2D eigenvalue weighted by molar-refractivity contribution is -0.143. The van der Waals surface area contributed by atoms with E-state index in [2.05, 4.69) is 5.32 Å². The standard InChI is InChI=1S/C14H27NO3/c1-2-18-14(16)6-4-3-5-11-17-12-13-7-9-15-10-8-13/h13,15H,2-12H2,1H3. The average Bonchev–Trinajstić information content (AvgIpc) is 2.39. The average molecular weight is 257 g/mol. The van der Waals surface area contributed by atoms with Crippen LogP contribution in [0.5, 0.6) is 0 Å². The van der Waals surface area contributed by atoms with Gasteiger partial charge in [0.1, 0.15) is 0 Å². The number of hydrogen-bond acceptors (Lipinski definition) is 4. The van der Waals surface area contributed by atoms with Gasteiger partial charge in [-0.05, 0) is 51.6 Å². The summed E-state index contributed by atoms with van der Waals surface area (Å²) in [6.07, 6.45) is 6.03. The molecule has 0 aromatic heterocycles. The first-order chi connectivity index (χ1) is 8.83. The molecule has 1 heterocycles. The molecule has 1 aliphatic heterocycles. The number of nitrogens with one attached hydrogen (secondary N) is 1. The van der Waals surface area contributed by atoms with Gasteiger partial charge in [0, 0.05) is 19.6 Å². The van der Waals surface area contributed by atoms with Gasteiger partial charge in [-0.25, -0.2) is 0 Å². The van der Waals surface area contributed by atoms with Crippen LogP contribution in [-0.4, -0.2) is 38.9 Å². The lowest BCUT2D eigenvalue weighted by Gasteiger charge is -2.22. The number of ether oxygens (including phenoxy) is 2. The molecule has 0 aromatic carbocycles. The summed E-state index contributed by atoms with van der Waals surface area (Å²) in [6, 6.07) is 0. The maximum absolute atomic E-state index is 11.1. The van der Waals surface area contributed by atoms with Crippen LogP contribution in [0.1, 0.15) is 45.4 Å². The molecular weight excluding hydrogens is 230 g/mol. The molecule has 0 aliphatic carbocycles. The highest BCUT2D eigenvalue weighted by atomic mass is 16.5. The summed E-state index contributed by atoms with van der Waals surface area (Å²) in [5.74, 6) is 0.666. The Bertz CT molecular complexity index is 215. The molecular formula is C14H27NO3. The predicted molar refractivity (Wildman–Crippen MR) is 71.5 cm³/mol. The molecule has 0 bridgehead atoms. The zero-order chi connectivity index (χ0) is 13.1. The number of rotatable bonds is 9. The van der Waals surface area contributed by atoms with E-state index in [1.54, 1.807) is 0 Å². The number of carbonyl (C=O) groups is 1. The summed E-state index contributed by atoms with van der Waals surface area (Å²) >= 11 is 0. The van der Waals surface area contributed by atoms with Crippen LogP contribution >= 0.6 is 0 Å². The molecule has 0 spiro atoms. The Labute approximate surface area is 110 Å². The predicted octanol–water partition coefficient (Wildman–Crippen LogP) is 2.13. The summed E-state index contributed by atoms with van der Waals surface area (Å²) < 4.78 is 10.6. The highest BCUT2D eigenvalue weighted by Gasteiger charge is 2.12. The van der Waals surface area contributed by atoms with Gasteiger partial charge < -0.3 is 14.8 Å². The fourth-order valence-corrected chi connectivity index (χ4v) is 2.18. The van der Waals surface area contributed by atoms with Crippen LogP contribution in [0.4, 0.5) is 0 Å². The van der Waals surface area contributed by atoms with Crippen molar-refractivity contribution in [2.75, 3.05) is 32.9 Å². The van der Waals surface area contributed by atoms with E-state index < -0.39 is 0 Å². The van der Waals surface area contributed by atoms with Crippen molar-refractivity contribution in [1.82, 2.24) is 5.32 Å². The first kappa shape index (κ1) is 15.4. The van der Waals surface area contributed by atoms with E-state index in [9.17, 15) is 4.79 Å². The molecule has 106 valence electrons. The van der Waals surface area contributed by atoms with Gasteiger partial charge in [0.05, 0.1) is 6.61 Å². The molecule has 1 aliphatic rings. The lowest BCUT2D eigenvalue weighted by atomic mass is 9.99. The van der Waals surface area contributed by atoms with E-state index in [4.69, 9.17) is 9.47 Å². The molecule has 1 fully saturated rings. The van der Waals surface area contributed by atoms with E-state index >= 15 is 0 Å². The van der Waals surface area contributed by atoms with Crippen molar-refractivity contribution in [3.63, 3.8) is 0 Å². The second kappa shape index (κ2) is 10.3. The normalized spacial score (nSPS) is 16.7. The van der Waals surface area contributed by atoms with Gasteiger partial charge in [0.25, 0.3) is 0 Å². The van der Waals surface area contributed by atoms with Crippen molar-refractivity contribution in [2.45, 2.75) is 45.4 Å². The van der Waals surface area contributed by atoms with Crippen molar-refractivity contribution in [2.24, 2.45) is 5.92 Å². The van der Waals surface area contributed by atoms with Crippen LogP contribution < -0.4 is 5.32 Å². The second-order valence-corrected chi connectivity index (χ2v) is 4.88. The van der Waals surface area contributed by atoms with Crippen LogP contribution in [0.3, 0.4) is 0 Å². The smallest absolute Gasteiger partial charge is 0.305 e. The minimum Gasteiger partial charge on any atom is -0.466 e. The van der Waals surface area contributed by atoms with Gasteiger partial charge in [-0.1, -0.05) is 6.42 Å². The second-order valence-electron chi connectivity index (χ2n) is 4.88. The number of hydrogen-bond donors (Lipinski definition) is 1. The Kier molecular flexibility index (Phi) is 8.86. The molecule has 0 unspecified atom stereocenters. The molecule has 0 saturated carbocycles. The number of esters is 1. The van der Waals surface area contributed by atoms with Crippen molar-refractivity contribution in [3.8, 4) is 0 Å². The number of carbonyl (C=O) groups excluding carboxylic acids is 1. The third kappa shape index (κ3) is 7.67. The SMILES string of the molecule is CCOC(=O)CCCCCOCC1CCNCC1. The molecule has 0 radical (unpaired) electrons. The van der Waals surface area contributed by atoms with E-state index in [0.29, 0.717) is 13.0 Å². The third-order valence-electron chi connectivity index (χ3n) is 3.29. The van der Waals surface area contributed by atoms with Gasteiger partial charge in [-0.2, -0.15) is 0 Å². The Morgan fingerprint density at radius 1 is 1.22 bits per heavy atom.